The van der Waals surface area contributed by atoms with Gasteiger partial charge in [-0.2, -0.15) is 0 Å². The lowest BCUT2D eigenvalue weighted by Crippen LogP contribution is -2.41. The number of Topliss-reactive ketones (excluding diaryl/α,β-unsaturated/α-hetero) is 1. The van der Waals surface area contributed by atoms with E-state index in [2.05, 4.69) is 42.5 Å². The normalized spacial score (nSPS) is 36.3. The quantitative estimate of drug-likeness (QED) is 0.554. The van der Waals surface area contributed by atoms with Gasteiger partial charge >= 0.3 is 0 Å². The monoisotopic (exact) mass is 378 g/mol. The second-order valence-electron chi connectivity index (χ2n) is 6.06. The molecule has 0 bridgehead atoms. The molecule has 2 aliphatic rings. The van der Waals surface area contributed by atoms with Gasteiger partial charge in [0.05, 0.1) is 3.58 Å². The van der Waals surface area contributed by atoms with E-state index in [1.807, 2.05) is 0 Å². The SMILES string of the molecule is COC(OC)[C@@H](C)[C@H]1CC[C@H]2C(=O)C(I)=CC[C@]12C. The standard InChI is InChI=1S/C15H23IO3/c1-9(14(18-3)19-4)10-5-6-11-13(17)12(16)7-8-15(10,11)2/h7,9-11,14H,5-6,8H2,1-4H3/t9-,10+,11-,15+/m0/s1. The van der Waals surface area contributed by atoms with Gasteiger partial charge in [0.15, 0.2) is 12.1 Å². The summed E-state index contributed by atoms with van der Waals surface area (Å²) in [6.45, 7) is 4.45. The van der Waals surface area contributed by atoms with Crippen LogP contribution in [0.25, 0.3) is 0 Å². The van der Waals surface area contributed by atoms with Gasteiger partial charge in [0.2, 0.25) is 0 Å². The lowest BCUT2D eigenvalue weighted by molar-refractivity contribution is -0.156. The lowest BCUT2D eigenvalue weighted by Gasteiger charge is -2.42. The molecular formula is C15H23IO3. The Kier molecular flexibility index (Phi) is 4.73. The van der Waals surface area contributed by atoms with Crippen molar-refractivity contribution < 1.29 is 14.3 Å². The van der Waals surface area contributed by atoms with Crippen LogP contribution in [0.2, 0.25) is 0 Å². The van der Waals surface area contributed by atoms with Gasteiger partial charge in [-0.25, -0.2) is 0 Å². The first-order valence-corrected chi connectivity index (χ1v) is 7.99. The van der Waals surface area contributed by atoms with Crippen LogP contribution in [0.5, 0.6) is 0 Å². The molecule has 2 aliphatic carbocycles. The van der Waals surface area contributed by atoms with Crippen molar-refractivity contribution in [1.29, 1.82) is 0 Å². The molecular weight excluding hydrogens is 355 g/mol. The first kappa shape index (κ1) is 15.4. The molecule has 3 nitrogen and oxygen atoms in total. The Hall–Kier alpha value is 0.0600. The zero-order chi connectivity index (χ0) is 14.2. The van der Waals surface area contributed by atoms with Crippen molar-refractivity contribution in [2.75, 3.05) is 14.2 Å². The summed E-state index contributed by atoms with van der Waals surface area (Å²) in [5.41, 5.74) is 0.0699. The maximum absolute atomic E-state index is 12.4. The zero-order valence-electron chi connectivity index (χ0n) is 12.1. The van der Waals surface area contributed by atoms with E-state index in [-0.39, 0.29) is 17.6 Å². The van der Waals surface area contributed by atoms with E-state index < -0.39 is 0 Å². The third kappa shape index (κ3) is 2.51. The van der Waals surface area contributed by atoms with Crippen molar-refractivity contribution in [3.8, 4) is 0 Å². The fraction of sp³-hybridized carbons (Fsp3) is 0.800. The highest BCUT2D eigenvalue weighted by atomic mass is 127. The van der Waals surface area contributed by atoms with Gasteiger partial charge in [-0.3, -0.25) is 4.79 Å². The number of hydrogen-bond donors (Lipinski definition) is 0. The van der Waals surface area contributed by atoms with Gasteiger partial charge in [-0.15, -0.1) is 0 Å². The van der Waals surface area contributed by atoms with Crippen LogP contribution in [0.1, 0.15) is 33.1 Å². The van der Waals surface area contributed by atoms with Gasteiger partial charge in [-0.05, 0) is 53.2 Å². The summed E-state index contributed by atoms with van der Waals surface area (Å²) in [4.78, 5) is 12.4. The summed E-state index contributed by atoms with van der Waals surface area (Å²) in [7, 11) is 3.38. The van der Waals surface area contributed by atoms with Gasteiger partial charge in [0.1, 0.15) is 0 Å². The summed E-state index contributed by atoms with van der Waals surface area (Å²) < 4.78 is 11.8. The molecule has 108 valence electrons. The predicted molar refractivity (Wildman–Crippen MR) is 83.0 cm³/mol. The van der Waals surface area contributed by atoms with Gasteiger partial charge in [0, 0.05) is 26.1 Å². The Morgan fingerprint density at radius 2 is 2.00 bits per heavy atom. The average molecular weight is 378 g/mol. The van der Waals surface area contributed by atoms with Crippen LogP contribution in [0.15, 0.2) is 9.66 Å². The minimum Gasteiger partial charge on any atom is -0.356 e. The second kappa shape index (κ2) is 5.82. The maximum atomic E-state index is 12.4. The van der Waals surface area contributed by atoms with Crippen molar-refractivity contribution >= 4 is 28.4 Å². The highest BCUT2D eigenvalue weighted by Gasteiger charge is 2.53. The molecule has 0 N–H and O–H groups in total. The van der Waals surface area contributed by atoms with Crippen molar-refractivity contribution in [3.63, 3.8) is 0 Å². The fourth-order valence-electron chi connectivity index (χ4n) is 4.14. The number of rotatable bonds is 4. The Balaban J connectivity index is 2.24. The molecule has 0 amide bonds. The van der Waals surface area contributed by atoms with Crippen LogP contribution >= 0.6 is 22.6 Å². The number of carbonyl (C=O) groups excluding carboxylic acids is 1. The number of methoxy groups -OCH3 is 2. The van der Waals surface area contributed by atoms with Crippen molar-refractivity contribution in [2.45, 2.75) is 39.4 Å². The van der Waals surface area contributed by atoms with Crippen LogP contribution in [-0.2, 0) is 14.3 Å². The molecule has 2 rings (SSSR count). The molecule has 0 aliphatic heterocycles. The molecule has 0 aromatic rings. The van der Waals surface area contributed by atoms with E-state index in [1.54, 1.807) is 14.2 Å². The Morgan fingerprint density at radius 3 is 2.58 bits per heavy atom. The first-order chi connectivity index (χ1) is 8.95. The van der Waals surface area contributed by atoms with Crippen LogP contribution in [-0.4, -0.2) is 26.3 Å². The van der Waals surface area contributed by atoms with Gasteiger partial charge in [0.25, 0.3) is 0 Å². The molecule has 19 heavy (non-hydrogen) atoms. The molecule has 0 aromatic carbocycles. The topological polar surface area (TPSA) is 35.5 Å². The number of hydrogen-bond acceptors (Lipinski definition) is 3. The Bertz CT molecular complexity index is 389. The summed E-state index contributed by atoms with van der Waals surface area (Å²) in [5, 5.41) is 0. The summed E-state index contributed by atoms with van der Waals surface area (Å²) in [6.07, 6.45) is 5.02. The van der Waals surface area contributed by atoms with Crippen molar-refractivity contribution in [1.82, 2.24) is 0 Å². The number of allylic oxidation sites excluding steroid dienone is 2. The van der Waals surface area contributed by atoms with Gasteiger partial charge in [-0.1, -0.05) is 19.9 Å². The summed E-state index contributed by atoms with van der Waals surface area (Å²) in [6, 6.07) is 0. The number of fused-ring (bicyclic) bond motifs is 1. The van der Waals surface area contributed by atoms with Gasteiger partial charge < -0.3 is 9.47 Å². The highest BCUT2D eigenvalue weighted by Crippen LogP contribution is 2.57. The Labute approximate surface area is 129 Å². The molecule has 0 saturated heterocycles. The van der Waals surface area contributed by atoms with E-state index in [0.717, 1.165) is 22.8 Å². The van der Waals surface area contributed by atoms with Crippen LogP contribution in [0.3, 0.4) is 0 Å². The van der Waals surface area contributed by atoms with Crippen LogP contribution < -0.4 is 0 Å². The summed E-state index contributed by atoms with van der Waals surface area (Å²) >= 11 is 2.18. The lowest BCUT2D eigenvalue weighted by atomic mass is 9.64. The number of halogens is 1. The molecule has 4 heteroatoms. The van der Waals surface area contributed by atoms with Crippen LogP contribution in [0.4, 0.5) is 0 Å². The molecule has 1 saturated carbocycles. The van der Waals surface area contributed by atoms with Crippen molar-refractivity contribution in [2.24, 2.45) is 23.2 Å². The highest BCUT2D eigenvalue weighted by molar-refractivity contribution is 14.1. The molecule has 0 heterocycles. The predicted octanol–water partition coefficient (Wildman–Crippen LogP) is 3.57. The Morgan fingerprint density at radius 1 is 1.37 bits per heavy atom. The zero-order valence-corrected chi connectivity index (χ0v) is 14.3. The third-order valence-corrected chi connectivity index (χ3v) is 6.18. The number of carbonyl (C=O) groups is 1. The van der Waals surface area contributed by atoms with E-state index in [9.17, 15) is 4.79 Å². The molecule has 0 unspecified atom stereocenters. The minimum atomic E-state index is -0.180. The second-order valence-corrected chi connectivity index (χ2v) is 7.22. The molecule has 0 radical (unpaired) electrons. The minimum absolute atomic E-state index is 0.0699. The van der Waals surface area contributed by atoms with E-state index in [0.29, 0.717) is 17.6 Å². The molecule has 0 spiro atoms. The molecule has 0 aromatic heterocycles. The number of ketones is 1. The molecule has 4 atom stereocenters. The van der Waals surface area contributed by atoms with E-state index in [1.165, 1.54) is 0 Å². The largest absolute Gasteiger partial charge is 0.356 e. The number of ether oxygens (including phenoxy) is 2. The fourth-order valence-corrected chi connectivity index (χ4v) is 4.74. The van der Waals surface area contributed by atoms with Crippen molar-refractivity contribution in [3.05, 3.63) is 9.66 Å². The molecule has 1 fully saturated rings. The summed E-state index contributed by atoms with van der Waals surface area (Å²) in [5.74, 6) is 1.32. The maximum Gasteiger partial charge on any atom is 0.172 e. The van der Waals surface area contributed by atoms with Crippen LogP contribution in [0, 0.1) is 23.2 Å². The van der Waals surface area contributed by atoms with E-state index >= 15 is 0 Å². The van der Waals surface area contributed by atoms with E-state index in [4.69, 9.17) is 9.47 Å². The first-order valence-electron chi connectivity index (χ1n) is 6.91. The smallest absolute Gasteiger partial charge is 0.172 e. The average Bonchev–Trinajstić information content (AvgIpc) is 2.74. The third-order valence-electron chi connectivity index (χ3n) is 5.21.